The van der Waals surface area contributed by atoms with E-state index in [9.17, 15) is 4.79 Å². The molecule has 3 aromatic rings. The quantitative estimate of drug-likeness (QED) is 0.624. The zero-order chi connectivity index (χ0) is 17.8. The minimum Gasteiger partial charge on any atom is -0.482 e. The van der Waals surface area contributed by atoms with Crippen molar-refractivity contribution in [2.45, 2.75) is 0 Å². The monoisotopic (exact) mass is 413 g/mol. The molecule has 9 heteroatoms. The molecule has 0 aliphatic heterocycles. The number of hydrogen-bond donors (Lipinski definition) is 1. The van der Waals surface area contributed by atoms with Crippen LogP contribution in [0.25, 0.3) is 10.6 Å². The van der Waals surface area contributed by atoms with Crippen LogP contribution in [-0.4, -0.2) is 22.7 Å². The minimum absolute atomic E-state index is 0.211. The van der Waals surface area contributed by atoms with Gasteiger partial charge >= 0.3 is 0 Å². The number of carbonyl (C=O) groups excluding carboxylic acids is 1. The van der Waals surface area contributed by atoms with Gasteiger partial charge in [-0.25, -0.2) is 0 Å². The SMILES string of the molecule is O=C(COc1ccc(Cl)cc1Cl)Nc1nnc(-c2ccc(Cl)cc2)s1. The summed E-state index contributed by atoms with van der Waals surface area (Å²) in [6.07, 6.45) is 0. The lowest BCUT2D eigenvalue weighted by atomic mass is 10.2. The molecule has 25 heavy (non-hydrogen) atoms. The van der Waals surface area contributed by atoms with Crippen LogP contribution in [0.4, 0.5) is 5.13 Å². The van der Waals surface area contributed by atoms with Crippen molar-refractivity contribution >= 4 is 57.2 Å². The normalized spacial score (nSPS) is 10.5. The first-order chi connectivity index (χ1) is 12.0. The fourth-order valence-electron chi connectivity index (χ4n) is 1.87. The van der Waals surface area contributed by atoms with Crippen LogP contribution in [0.1, 0.15) is 0 Å². The lowest BCUT2D eigenvalue weighted by Crippen LogP contribution is -2.20. The molecule has 0 radical (unpaired) electrons. The first-order valence-electron chi connectivity index (χ1n) is 6.98. The highest BCUT2D eigenvalue weighted by molar-refractivity contribution is 7.18. The highest BCUT2D eigenvalue weighted by Gasteiger charge is 2.11. The van der Waals surface area contributed by atoms with Crippen LogP contribution < -0.4 is 10.1 Å². The molecule has 1 amide bonds. The molecule has 0 atom stereocenters. The number of anilines is 1. The maximum atomic E-state index is 12.0. The molecule has 0 aliphatic rings. The lowest BCUT2D eigenvalue weighted by Gasteiger charge is -2.07. The Morgan fingerprint density at radius 1 is 1.04 bits per heavy atom. The van der Waals surface area contributed by atoms with Crippen molar-refractivity contribution in [3.63, 3.8) is 0 Å². The lowest BCUT2D eigenvalue weighted by molar-refractivity contribution is -0.118. The molecule has 0 saturated heterocycles. The zero-order valence-corrected chi connectivity index (χ0v) is 15.6. The van der Waals surface area contributed by atoms with E-state index in [1.165, 1.54) is 11.3 Å². The smallest absolute Gasteiger partial charge is 0.264 e. The van der Waals surface area contributed by atoms with Crippen molar-refractivity contribution in [3.05, 3.63) is 57.5 Å². The topological polar surface area (TPSA) is 64.1 Å². The number of nitrogens with one attached hydrogen (secondary N) is 1. The average molecular weight is 415 g/mol. The Balaban J connectivity index is 1.59. The average Bonchev–Trinajstić information content (AvgIpc) is 3.03. The summed E-state index contributed by atoms with van der Waals surface area (Å²) in [5, 5.41) is 13.1. The molecular weight excluding hydrogens is 405 g/mol. The molecule has 1 heterocycles. The largest absolute Gasteiger partial charge is 0.482 e. The van der Waals surface area contributed by atoms with Crippen LogP contribution in [0.3, 0.4) is 0 Å². The minimum atomic E-state index is -0.371. The number of ether oxygens (including phenoxy) is 1. The number of benzene rings is 2. The van der Waals surface area contributed by atoms with Crippen molar-refractivity contribution in [3.8, 4) is 16.3 Å². The van der Waals surface area contributed by atoms with Crippen molar-refractivity contribution in [1.29, 1.82) is 0 Å². The van der Waals surface area contributed by atoms with E-state index in [1.807, 2.05) is 12.1 Å². The molecular formula is C16H10Cl3N3O2S. The zero-order valence-electron chi connectivity index (χ0n) is 12.5. The summed E-state index contributed by atoms with van der Waals surface area (Å²) >= 11 is 18.9. The van der Waals surface area contributed by atoms with Gasteiger partial charge in [-0.1, -0.05) is 58.3 Å². The van der Waals surface area contributed by atoms with Crippen LogP contribution >= 0.6 is 46.1 Å². The molecule has 1 aromatic heterocycles. The second-order valence-corrected chi connectivity index (χ2v) is 7.09. The van der Waals surface area contributed by atoms with Crippen LogP contribution in [0.2, 0.25) is 15.1 Å². The van der Waals surface area contributed by atoms with Gasteiger partial charge in [0.15, 0.2) is 6.61 Å². The molecule has 0 unspecified atom stereocenters. The third-order valence-electron chi connectivity index (χ3n) is 3.02. The fourth-order valence-corrected chi connectivity index (χ4v) is 3.23. The Kier molecular flexibility index (Phi) is 5.75. The molecule has 5 nitrogen and oxygen atoms in total. The van der Waals surface area contributed by atoms with E-state index in [0.717, 1.165) is 5.56 Å². The summed E-state index contributed by atoms with van der Waals surface area (Å²) in [6.45, 7) is -0.211. The summed E-state index contributed by atoms with van der Waals surface area (Å²) < 4.78 is 5.37. The van der Waals surface area contributed by atoms with Crippen molar-refractivity contribution in [1.82, 2.24) is 10.2 Å². The van der Waals surface area contributed by atoms with Gasteiger partial charge in [0.2, 0.25) is 5.13 Å². The van der Waals surface area contributed by atoms with Crippen LogP contribution in [-0.2, 0) is 4.79 Å². The van der Waals surface area contributed by atoms with E-state index in [1.54, 1.807) is 30.3 Å². The standard InChI is InChI=1S/C16H10Cl3N3O2S/c17-10-3-1-9(2-4-10)15-21-22-16(25-15)20-14(23)8-24-13-6-5-11(18)7-12(13)19/h1-7H,8H2,(H,20,22,23). The van der Waals surface area contributed by atoms with E-state index in [2.05, 4.69) is 15.5 Å². The maximum Gasteiger partial charge on any atom is 0.264 e. The van der Waals surface area contributed by atoms with E-state index < -0.39 is 0 Å². The Morgan fingerprint density at radius 3 is 2.48 bits per heavy atom. The first kappa shape index (κ1) is 17.9. The molecule has 0 fully saturated rings. The fraction of sp³-hybridized carbons (Fsp3) is 0.0625. The Hall–Kier alpha value is -1.86. The Bertz CT molecular complexity index is 900. The Labute approximate surface area is 162 Å². The van der Waals surface area contributed by atoms with E-state index in [-0.39, 0.29) is 12.5 Å². The van der Waals surface area contributed by atoms with Gasteiger partial charge in [0.1, 0.15) is 10.8 Å². The number of hydrogen-bond acceptors (Lipinski definition) is 5. The van der Waals surface area contributed by atoms with Gasteiger partial charge in [-0.15, -0.1) is 10.2 Å². The van der Waals surface area contributed by atoms with Crippen LogP contribution in [0, 0.1) is 0 Å². The molecule has 0 aliphatic carbocycles. The summed E-state index contributed by atoms with van der Waals surface area (Å²) in [5.74, 6) is 0.00477. The summed E-state index contributed by atoms with van der Waals surface area (Å²) in [7, 11) is 0. The molecule has 1 N–H and O–H groups in total. The second kappa shape index (κ2) is 8.01. The number of nitrogens with zero attached hydrogens (tertiary/aromatic N) is 2. The molecule has 3 rings (SSSR count). The van der Waals surface area contributed by atoms with Gasteiger partial charge in [0.05, 0.1) is 5.02 Å². The van der Waals surface area contributed by atoms with Crippen molar-refractivity contribution < 1.29 is 9.53 Å². The van der Waals surface area contributed by atoms with Gasteiger partial charge in [-0.05, 0) is 30.3 Å². The number of halogens is 3. The third kappa shape index (κ3) is 4.83. The van der Waals surface area contributed by atoms with E-state index in [4.69, 9.17) is 39.5 Å². The molecule has 128 valence electrons. The Morgan fingerprint density at radius 2 is 1.76 bits per heavy atom. The first-order valence-corrected chi connectivity index (χ1v) is 8.93. The van der Waals surface area contributed by atoms with Gasteiger partial charge in [-0.2, -0.15) is 0 Å². The highest BCUT2D eigenvalue weighted by atomic mass is 35.5. The van der Waals surface area contributed by atoms with Gasteiger partial charge < -0.3 is 4.74 Å². The number of aromatic nitrogens is 2. The van der Waals surface area contributed by atoms with Crippen molar-refractivity contribution in [2.24, 2.45) is 0 Å². The molecule has 0 saturated carbocycles. The van der Waals surface area contributed by atoms with E-state index >= 15 is 0 Å². The van der Waals surface area contributed by atoms with Gasteiger partial charge in [-0.3, -0.25) is 10.1 Å². The van der Waals surface area contributed by atoms with E-state index in [0.29, 0.717) is 31.0 Å². The van der Waals surface area contributed by atoms with Gasteiger partial charge in [0.25, 0.3) is 5.91 Å². The third-order valence-corrected chi connectivity index (χ3v) is 4.69. The summed E-state index contributed by atoms with van der Waals surface area (Å²) in [4.78, 5) is 12.0. The predicted octanol–water partition coefficient (Wildman–Crippen LogP) is 5.18. The summed E-state index contributed by atoms with van der Waals surface area (Å²) in [6, 6.07) is 12.0. The maximum absolute atomic E-state index is 12.0. The highest BCUT2D eigenvalue weighted by Crippen LogP contribution is 2.28. The summed E-state index contributed by atoms with van der Waals surface area (Å²) in [5.41, 5.74) is 0.867. The second-order valence-electron chi connectivity index (χ2n) is 4.83. The van der Waals surface area contributed by atoms with Crippen LogP contribution in [0.5, 0.6) is 5.75 Å². The molecule has 2 aromatic carbocycles. The number of amides is 1. The predicted molar refractivity (Wildman–Crippen MR) is 101 cm³/mol. The number of carbonyl (C=O) groups is 1. The molecule has 0 bridgehead atoms. The van der Waals surface area contributed by atoms with Gasteiger partial charge in [0, 0.05) is 15.6 Å². The number of rotatable bonds is 5. The molecule has 0 spiro atoms. The van der Waals surface area contributed by atoms with Crippen LogP contribution in [0.15, 0.2) is 42.5 Å². The van der Waals surface area contributed by atoms with Crippen molar-refractivity contribution in [2.75, 3.05) is 11.9 Å².